The fourth-order valence-electron chi connectivity index (χ4n) is 1.73. The highest BCUT2D eigenvalue weighted by molar-refractivity contribution is 6.14. The van der Waals surface area contributed by atoms with Gasteiger partial charge in [-0.2, -0.15) is 0 Å². The number of nitrogens with two attached hydrogens (primary N) is 1. The molecule has 6 heteroatoms. The van der Waals surface area contributed by atoms with Crippen molar-refractivity contribution in [2.75, 3.05) is 18.1 Å². The van der Waals surface area contributed by atoms with E-state index in [1.54, 1.807) is 12.1 Å². The summed E-state index contributed by atoms with van der Waals surface area (Å²) in [5.74, 6) is -0.192. The number of anilines is 1. The van der Waals surface area contributed by atoms with E-state index in [4.69, 9.17) is 15.6 Å². The minimum absolute atomic E-state index is 0.254. The average molecular weight is 236 g/mol. The van der Waals surface area contributed by atoms with Crippen LogP contribution in [0.4, 0.5) is 10.5 Å². The molecule has 1 aliphatic heterocycles. The molecular formula is C11H12N2O4. The summed E-state index contributed by atoms with van der Waals surface area (Å²) in [7, 11) is 0. The molecule has 2 rings (SSSR count). The number of carbonyl (C=O) groups excluding carboxylic acids is 1. The second-order valence-electron chi connectivity index (χ2n) is 3.64. The van der Waals surface area contributed by atoms with Crippen LogP contribution in [0.3, 0.4) is 0 Å². The quantitative estimate of drug-likeness (QED) is 0.784. The van der Waals surface area contributed by atoms with Crippen molar-refractivity contribution in [1.82, 2.24) is 0 Å². The number of ether oxygens (including phenoxy) is 1. The molecule has 1 aromatic rings. The fraction of sp³-hybridized carbons (Fsp3) is 0.273. The molecule has 0 saturated heterocycles. The van der Waals surface area contributed by atoms with Gasteiger partial charge in [-0.15, -0.1) is 0 Å². The van der Waals surface area contributed by atoms with Crippen LogP contribution in [0.1, 0.15) is 5.56 Å². The molecule has 1 aliphatic rings. The first-order valence-electron chi connectivity index (χ1n) is 5.15. The van der Waals surface area contributed by atoms with E-state index in [0.29, 0.717) is 23.6 Å². The monoisotopic (exact) mass is 236 g/mol. The van der Waals surface area contributed by atoms with Gasteiger partial charge in [0.15, 0.2) is 6.61 Å². The fourth-order valence-corrected chi connectivity index (χ4v) is 1.73. The predicted molar refractivity (Wildman–Crippen MR) is 60.2 cm³/mol. The van der Waals surface area contributed by atoms with Crippen LogP contribution >= 0.6 is 0 Å². The summed E-state index contributed by atoms with van der Waals surface area (Å²) < 4.78 is 5.16. The van der Waals surface area contributed by atoms with Gasteiger partial charge >= 0.3 is 6.09 Å². The number of hydrogen-bond donors (Lipinski definition) is 2. The Morgan fingerprint density at radius 3 is 2.94 bits per heavy atom. The number of hydrogen-bond acceptors (Lipinski definition) is 4. The average Bonchev–Trinajstić information content (AvgIpc) is 2.28. The second-order valence-corrected chi connectivity index (χ2v) is 3.64. The summed E-state index contributed by atoms with van der Waals surface area (Å²) in [5.41, 5.74) is 6.56. The lowest BCUT2D eigenvalue weighted by Gasteiger charge is -2.25. The highest BCUT2D eigenvalue weighted by Gasteiger charge is 2.30. The molecule has 6 nitrogen and oxygen atoms in total. The van der Waals surface area contributed by atoms with Crippen molar-refractivity contribution in [2.24, 2.45) is 5.73 Å². The van der Waals surface area contributed by atoms with Gasteiger partial charge in [-0.1, -0.05) is 6.07 Å². The molecule has 17 heavy (non-hydrogen) atoms. The Labute approximate surface area is 97.6 Å². The van der Waals surface area contributed by atoms with Crippen LogP contribution in [0.5, 0.6) is 5.75 Å². The predicted octanol–water partition coefficient (Wildman–Crippen LogP) is 0.591. The van der Waals surface area contributed by atoms with Gasteiger partial charge in [0.05, 0.1) is 5.69 Å². The van der Waals surface area contributed by atoms with Crippen molar-refractivity contribution in [3.63, 3.8) is 0 Å². The Hall–Kier alpha value is -2.08. The topological polar surface area (TPSA) is 92.9 Å². The van der Waals surface area contributed by atoms with E-state index in [2.05, 4.69) is 0 Å². The van der Waals surface area contributed by atoms with Gasteiger partial charge in [0.25, 0.3) is 5.91 Å². The lowest BCUT2D eigenvalue weighted by atomic mass is 10.1. The molecule has 0 saturated carbocycles. The molecule has 90 valence electrons. The highest BCUT2D eigenvalue weighted by atomic mass is 16.5. The number of fused-ring (bicyclic) bond motifs is 1. The molecule has 0 spiro atoms. The summed E-state index contributed by atoms with van der Waals surface area (Å²) in [5, 5.41) is 9.00. The summed E-state index contributed by atoms with van der Waals surface area (Å²) in [6.07, 6.45) is -0.681. The third-order valence-corrected chi connectivity index (χ3v) is 2.49. The van der Waals surface area contributed by atoms with Gasteiger partial charge in [-0.3, -0.25) is 4.79 Å². The van der Waals surface area contributed by atoms with E-state index in [-0.39, 0.29) is 12.3 Å². The maximum Gasteiger partial charge on any atom is 0.418 e. The van der Waals surface area contributed by atoms with Crippen molar-refractivity contribution in [3.05, 3.63) is 23.8 Å². The Balaban J connectivity index is 2.45. The van der Waals surface area contributed by atoms with Crippen molar-refractivity contribution < 1.29 is 19.4 Å². The molecule has 0 bridgehead atoms. The first-order chi connectivity index (χ1) is 8.13. The number of imide groups is 1. The van der Waals surface area contributed by atoms with Gasteiger partial charge in [-0.05, 0) is 30.7 Å². The molecule has 0 aliphatic carbocycles. The Morgan fingerprint density at radius 1 is 1.53 bits per heavy atom. The van der Waals surface area contributed by atoms with Crippen LogP contribution in [0, 0.1) is 0 Å². The van der Waals surface area contributed by atoms with Crippen LogP contribution in [0.15, 0.2) is 18.2 Å². The van der Waals surface area contributed by atoms with Crippen molar-refractivity contribution in [2.45, 2.75) is 6.42 Å². The third kappa shape index (κ3) is 2.07. The van der Waals surface area contributed by atoms with Crippen molar-refractivity contribution >= 4 is 17.7 Å². The molecule has 0 fully saturated rings. The summed E-state index contributed by atoms with van der Waals surface area (Å²) in [6, 6.07) is 5.08. The largest absolute Gasteiger partial charge is 0.482 e. The molecule has 0 aromatic heterocycles. The third-order valence-electron chi connectivity index (χ3n) is 2.49. The Bertz CT molecular complexity index is 473. The van der Waals surface area contributed by atoms with Crippen LogP contribution in [-0.4, -0.2) is 30.3 Å². The molecule has 0 radical (unpaired) electrons. The zero-order valence-corrected chi connectivity index (χ0v) is 9.05. The lowest BCUT2D eigenvalue weighted by molar-refractivity contribution is -0.120. The van der Waals surface area contributed by atoms with Gasteiger partial charge in [0.2, 0.25) is 0 Å². The lowest BCUT2D eigenvalue weighted by Crippen LogP contribution is -2.42. The zero-order valence-electron chi connectivity index (χ0n) is 9.05. The summed E-state index contributed by atoms with van der Waals surface area (Å²) in [4.78, 5) is 23.2. The molecule has 2 amide bonds. The van der Waals surface area contributed by atoms with Crippen LogP contribution in [0.25, 0.3) is 0 Å². The van der Waals surface area contributed by atoms with E-state index >= 15 is 0 Å². The molecule has 0 atom stereocenters. The first kappa shape index (κ1) is 11.4. The van der Waals surface area contributed by atoms with E-state index < -0.39 is 12.0 Å². The minimum Gasteiger partial charge on any atom is -0.482 e. The number of benzene rings is 1. The van der Waals surface area contributed by atoms with Gasteiger partial charge < -0.3 is 15.6 Å². The number of carboxylic acid groups (broad SMARTS) is 1. The second kappa shape index (κ2) is 4.42. The maximum atomic E-state index is 11.5. The highest BCUT2D eigenvalue weighted by Crippen LogP contribution is 2.33. The minimum atomic E-state index is -1.30. The zero-order chi connectivity index (χ0) is 12.4. The number of carbonyl (C=O) groups is 2. The van der Waals surface area contributed by atoms with E-state index in [0.717, 1.165) is 5.56 Å². The van der Waals surface area contributed by atoms with E-state index in [1.807, 2.05) is 6.07 Å². The smallest absolute Gasteiger partial charge is 0.418 e. The number of nitrogens with zero attached hydrogens (tertiary/aromatic N) is 1. The Kier molecular flexibility index (Phi) is 2.97. The van der Waals surface area contributed by atoms with Gasteiger partial charge in [-0.25, -0.2) is 9.69 Å². The number of rotatable bonds is 2. The summed E-state index contributed by atoms with van der Waals surface area (Å²) in [6.45, 7) is 0.205. The molecule has 1 heterocycles. The molecule has 3 N–H and O–H groups in total. The normalized spacial score (nSPS) is 14.2. The first-order valence-corrected chi connectivity index (χ1v) is 5.15. The maximum absolute atomic E-state index is 11.5. The van der Waals surface area contributed by atoms with E-state index in [1.165, 1.54) is 0 Å². The van der Waals surface area contributed by atoms with Gasteiger partial charge in [0.1, 0.15) is 5.75 Å². The van der Waals surface area contributed by atoms with E-state index in [9.17, 15) is 9.59 Å². The molecule has 1 aromatic carbocycles. The van der Waals surface area contributed by atoms with Crippen molar-refractivity contribution in [1.29, 1.82) is 0 Å². The van der Waals surface area contributed by atoms with Crippen LogP contribution < -0.4 is 15.4 Å². The van der Waals surface area contributed by atoms with Crippen LogP contribution in [0.2, 0.25) is 0 Å². The van der Waals surface area contributed by atoms with Gasteiger partial charge in [0, 0.05) is 0 Å². The SMILES string of the molecule is NCCc1ccc2c(c1)N(C(=O)O)C(=O)CO2. The van der Waals surface area contributed by atoms with Crippen molar-refractivity contribution in [3.8, 4) is 5.75 Å². The van der Waals surface area contributed by atoms with Crippen LogP contribution in [-0.2, 0) is 11.2 Å². The Morgan fingerprint density at radius 2 is 2.29 bits per heavy atom. The standard InChI is InChI=1S/C11H12N2O4/c12-4-3-7-1-2-9-8(5-7)13(11(15)16)10(14)6-17-9/h1-2,5H,3-4,6,12H2,(H,15,16). The number of amides is 2. The molecular weight excluding hydrogens is 224 g/mol. The summed E-state index contributed by atoms with van der Waals surface area (Å²) >= 11 is 0. The molecule has 0 unspecified atom stereocenters.